The predicted octanol–water partition coefficient (Wildman–Crippen LogP) is 6.36. The first-order chi connectivity index (χ1) is 19.3. The number of hydrogen-bond acceptors (Lipinski definition) is 8. The number of hydrogen-bond donors (Lipinski definition) is 1. The fourth-order valence-corrected chi connectivity index (χ4v) is 5.62. The number of nitrogens with zero attached hydrogens (tertiary/aromatic N) is 2. The quantitative estimate of drug-likeness (QED) is 0.145. The number of fused-ring (bicyclic) bond motifs is 1. The fourth-order valence-electron chi connectivity index (χ4n) is 4.60. The van der Waals surface area contributed by atoms with Crippen LogP contribution in [0.2, 0.25) is 0 Å². The summed E-state index contributed by atoms with van der Waals surface area (Å²) < 4.78 is 17.7. The topological polar surface area (TPSA) is 98.2 Å². The molecule has 1 N–H and O–H groups in total. The van der Waals surface area contributed by atoms with Gasteiger partial charge in [-0.15, -0.1) is 0 Å². The molecular weight excluding hydrogens is 528 g/mol. The van der Waals surface area contributed by atoms with Gasteiger partial charge in [0.1, 0.15) is 11.5 Å². The number of amides is 1. The number of methoxy groups -OCH3 is 2. The largest absolute Gasteiger partial charge is 0.507 e. The molecule has 8 nitrogen and oxygen atoms in total. The zero-order chi connectivity index (χ0) is 28.4. The summed E-state index contributed by atoms with van der Waals surface area (Å²) in [4.78, 5) is 33.1. The second-order valence-corrected chi connectivity index (χ2v) is 10.8. The van der Waals surface area contributed by atoms with Gasteiger partial charge in [-0.05, 0) is 48.2 Å². The van der Waals surface area contributed by atoms with E-state index < -0.39 is 17.7 Å². The van der Waals surface area contributed by atoms with E-state index >= 15 is 0 Å². The fraction of sp³-hybridized carbons (Fsp3) is 0.258. The van der Waals surface area contributed by atoms with Crippen molar-refractivity contribution in [2.75, 3.05) is 25.7 Å². The molecule has 1 atom stereocenters. The number of benzene rings is 3. The van der Waals surface area contributed by atoms with Crippen molar-refractivity contribution in [1.29, 1.82) is 0 Å². The minimum Gasteiger partial charge on any atom is -0.507 e. The van der Waals surface area contributed by atoms with E-state index in [1.807, 2.05) is 12.1 Å². The number of carbonyl (C=O) groups excluding carboxylic acids is 2. The van der Waals surface area contributed by atoms with Gasteiger partial charge in [0.2, 0.25) is 0 Å². The highest BCUT2D eigenvalue weighted by Gasteiger charge is 2.48. The molecule has 1 aliphatic rings. The Balaban J connectivity index is 1.65. The molecule has 0 aliphatic carbocycles. The van der Waals surface area contributed by atoms with E-state index in [1.54, 1.807) is 61.7 Å². The van der Waals surface area contributed by atoms with Crippen LogP contribution in [0.3, 0.4) is 0 Å². The molecule has 1 amide bonds. The van der Waals surface area contributed by atoms with Gasteiger partial charge < -0.3 is 19.3 Å². The van der Waals surface area contributed by atoms with Crippen molar-refractivity contribution >= 4 is 44.1 Å². The van der Waals surface area contributed by atoms with E-state index in [-0.39, 0.29) is 11.3 Å². The van der Waals surface area contributed by atoms with E-state index in [0.29, 0.717) is 51.5 Å². The maximum absolute atomic E-state index is 13.6. The zero-order valence-corrected chi connectivity index (χ0v) is 23.5. The number of ether oxygens (including phenoxy) is 3. The Kier molecular flexibility index (Phi) is 7.75. The van der Waals surface area contributed by atoms with Crippen LogP contribution in [-0.4, -0.2) is 42.6 Å². The molecule has 5 rings (SSSR count). The van der Waals surface area contributed by atoms with E-state index in [2.05, 4.69) is 18.8 Å². The number of rotatable bonds is 9. The first kappa shape index (κ1) is 27.2. The van der Waals surface area contributed by atoms with E-state index in [0.717, 1.165) is 11.1 Å². The average molecular weight is 559 g/mol. The van der Waals surface area contributed by atoms with Gasteiger partial charge >= 0.3 is 5.91 Å². The number of carbonyl (C=O) groups is 2. The Labute approximate surface area is 236 Å². The predicted molar refractivity (Wildman–Crippen MR) is 155 cm³/mol. The number of aliphatic hydroxyl groups is 1. The van der Waals surface area contributed by atoms with Gasteiger partial charge in [-0.1, -0.05) is 61.6 Å². The van der Waals surface area contributed by atoms with E-state index in [1.165, 1.54) is 23.3 Å². The highest BCUT2D eigenvalue weighted by atomic mass is 32.1. The molecule has 1 aromatic heterocycles. The summed E-state index contributed by atoms with van der Waals surface area (Å²) in [5, 5.41) is 11.7. The molecule has 0 radical (unpaired) electrons. The monoisotopic (exact) mass is 558 g/mol. The van der Waals surface area contributed by atoms with Crippen LogP contribution < -0.4 is 19.1 Å². The number of Topliss-reactive ketones (excluding diaryl/α,β-unsaturated/α-hetero) is 1. The SMILES string of the molecule is COc1ccc2nc(N3C(=O)C(=O)C(=C(O)c4ccccc4)C3c3ccc(OCCC(C)C)c(OC)c3)sc2c1. The van der Waals surface area contributed by atoms with Crippen LogP contribution in [0.4, 0.5) is 5.13 Å². The van der Waals surface area contributed by atoms with Crippen LogP contribution in [0.1, 0.15) is 37.4 Å². The van der Waals surface area contributed by atoms with Gasteiger partial charge in [-0.25, -0.2) is 4.98 Å². The number of anilines is 1. The molecule has 0 bridgehead atoms. The molecule has 0 spiro atoms. The smallest absolute Gasteiger partial charge is 0.301 e. The summed E-state index contributed by atoms with van der Waals surface area (Å²) in [5.74, 6) is 0.328. The van der Waals surface area contributed by atoms with Crippen LogP contribution in [-0.2, 0) is 9.59 Å². The van der Waals surface area contributed by atoms with Gasteiger partial charge in [0.05, 0.1) is 42.7 Å². The molecule has 3 aromatic carbocycles. The molecule has 1 saturated heterocycles. The van der Waals surface area contributed by atoms with E-state index in [4.69, 9.17) is 14.2 Å². The lowest BCUT2D eigenvalue weighted by Crippen LogP contribution is -2.29. The Hall–Kier alpha value is -4.37. The third-order valence-electron chi connectivity index (χ3n) is 6.74. The zero-order valence-electron chi connectivity index (χ0n) is 22.7. The Morgan fingerprint density at radius 2 is 1.77 bits per heavy atom. The average Bonchev–Trinajstić information content (AvgIpc) is 3.50. The van der Waals surface area contributed by atoms with E-state index in [9.17, 15) is 14.7 Å². The molecule has 1 aliphatic heterocycles. The Morgan fingerprint density at radius 3 is 2.48 bits per heavy atom. The van der Waals surface area contributed by atoms with Crippen LogP contribution in [0.15, 0.2) is 72.3 Å². The van der Waals surface area contributed by atoms with Crippen molar-refractivity contribution in [2.24, 2.45) is 5.92 Å². The van der Waals surface area contributed by atoms with Crippen LogP contribution in [0.25, 0.3) is 16.0 Å². The number of aromatic nitrogens is 1. The summed E-state index contributed by atoms with van der Waals surface area (Å²) in [6.45, 7) is 4.77. The third kappa shape index (κ3) is 5.12. The van der Waals surface area contributed by atoms with Crippen LogP contribution >= 0.6 is 11.3 Å². The lowest BCUT2D eigenvalue weighted by molar-refractivity contribution is -0.132. The summed E-state index contributed by atoms with van der Waals surface area (Å²) in [6, 6.07) is 18.5. The molecule has 40 heavy (non-hydrogen) atoms. The van der Waals surface area contributed by atoms with Crippen molar-refractivity contribution in [3.8, 4) is 17.2 Å². The first-order valence-corrected chi connectivity index (χ1v) is 13.8. The molecule has 206 valence electrons. The highest BCUT2D eigenvalue weighted by molar-refractivity contribution is 7.22. The second-order valence-electron chi connectivity index (χ2n) is 9.81. The lowest BCUT2D eigenvalue weighted by atomic mass is 9.95. The first-order valence-electron chi connectivity index (χ1n) is 12.9. The van der Waals surface area contributed by atoms with Crippen molar-refractivity contribution in [3.63, 3.8) is 0 Å². The van der Waals surface area contributed by atoms with Crippen molar-refractivity contribution in [2.45, 2.75) is 26.3 Å². The Morgan fingerprint density at radius 1 is 1.00 bits per heavy atom. The molecule has 1 fully saturated rings. The minimum atomic E-state index is -0.943. The van der Waals surface area contributed by atoms with Crippen molar-refractivity contribution in [1.82, 2.24) is 4.98 Å². The molecular formula is C31H30N2O6S. The molecule has 2 heterocycles. The van der Waals surface area contributed by atoms with Crippen LogP contribution in [0.5, 0.6) is 17.2 Å². The molecule has 1 unspecified atom stereocenters. The second kappa shape index (κ2) is 11.4. The highest BCUT2D eigenvalue weighted by Crippen LogP contribution is 2.46. The Bertz CT molecular complexity index is 1590. The van der Waals surface area contributed by atoms with Gasteiger partial charge in [-0.2, -0.15) is 0 Å². The summed E-state index contributed by atoms with van der Waals surface area (Å²) >= 11 is 1.27. The maximum Gasteiger partial charge on any atom is 0.301 e. The lowest BCUT2D eigenvalue weighted by Gasteiger charge is -2.24. The summed E-state index contributed by atoms with van der Waals surface area (Å²) in [5.41, 5.74) is 1.64. The maximum atomic E-state index is 13.6. The standard InChI is InChI=1S/C31H30N2O6S/c1-18(2)14-15-39-23-13-10-20(16-24(23)38-4)27-26(28(34)19-8-6-5-7-9-19)29(35)30(36)33(27)31-32-22-12-11-21(37-3)17-25(22)40-31/h5-13,16-18,27,34H,14-15H2,1-4H3. The van der Waals surface area contributed by atoms with Gasteiger partial charge in [-0.3, -0.25) is 14.5 Å². The molecule has 4 aromatic rings. The summed E-state index contributed by atoms with van der Waals surface area (Å²) in [7, 11) is 3.12. The third-order valence-corrected chi connectivity index (χ3v) is 7.76. The van der Waals surface area contributed by atoms with Crippen molar-refractivity contribution < 1.29 is 28.9 Å². The normalized spacial score (nSPS) is 16.6. The number of aliphatic hydroxyl groups excluding tert-OH is 1. The van der Waals surface area contributed by atoms with Gasteiger partial charge in [0.15, 0.2) is 16.6 Å². The minimum absolute atomic E-state index is 0.0245. The summed E-state index contributed by atoms with van der Waals surface area (Å²) in [6.07, 6.45) is 0.880. The number of thiazole rings is 1. The number of ketones is 1. The van der Waals surface area contributed by atoms with Gasteiger partial charge in [0.25, 0.3) is 5.78 Å². The van der Waals surface area contributed by atoms with Crippen molar-refractivity contribution in [3.05, 3.63) is 83.4 Å². The molecule has 9 heteroatoms. The van der Waals surface area contributed by atoms with Gasteiger partial charge in [0, 0.05) is 5.56 Å². The molecule has 0 saturated carbocycles. The van der Waals surface area contributed by atoms with Crippen LogP contribution in [0, 0.1) is 5.92 Å².